The lowest BCUT2D eigenvalue weighted by atomic mass is 9.91. The van der Waals surface area contributed by atoms with Crippen molar-refractivity contribution >= 4 is 17.3 Å². The molecule has 5 heteroatoms. The van der Waals surface area contributed by atoms with Crippen LogP contribution in [0.15, 0.2) is 18.2 Å². The van der Waals surface area contributed by atoms with Crippen molar-refractivity contribution in [2.24, 2.45) is 11.3 Å². The molecule has 1 saturated carbocycles. The lowest BCUT2D eigenvalue weighted by molar-refractivity contribution is -0.137. The van der Waals surface area contributed by atoms with Crippen molar-refractivity contribution in [2.45, 2.75) is 45.8 Å². The van der Waals surface area contributed by atoms with Crippen molar-refractivity contribution in [3.8, 4) is 0 Å². The van der Waals surface area contributed by atoms with Crippen LogP contribution in [-0.4, -0.2) is 6.04 Å². The van der Waals surface area contributed by atoms with E-state index in [1.54, 1.807) is 0 Å². The van der Waals surface area contributed by atoms with Gasteiger partial charge in [-0.15, -0.1) is 0 Å². The first-order valence-electron chi connectivity index (χ1n) is 6.72. The van der Waals surface area contributed by atoms with E-state index < -0.39 is 11.7 Å². The van der Waals surface area contributed by atoms with Crippen LogP contribution in [0.25, 0.3) is 0 Å². The molecule has 0 heterocycles. The normalized spacial score (nSPS) is 25.8. The Hall–Kier alpha value is -0.900. The minimum absolute atomic E-state index is 0.0623. The molecule has 112 valence electrons. The zero-order chi connectivity index (χ0) is 15.1. The van der Waals surface area contributed by atoms with Gasteiger partial charge in [0.25, 0.3) is 0 Å². The van der Waals surface area contributed by atoms with Gasteiger partial charge in [-0.25, -0.2) is 0 Å². The van der Waals surface area contributed by atoms with Gasteiger partial charge in [-0.3, -0.25) is 0 Å². The fourth-order valence-electron chi connectivity index (χ4n) is 3.16. The number of alkyl halides is 3. The molecule has 1 N–H and O–H groups in total. The van der Waals surface area contributed by atoms with Crippen LogP contribution < -0.4 is 5.32 Å². The molecule has 1 fully saturated rings. The molecule has 1 aromatic carbocycles. The van der Waals surface area contributed by atoms with Gasteiger partial charge in [0, 0.05) is 16.8 Å². The van der Waals surface area contributed by atoms with Crippen LogP contribution in [0.2, 0.25) is 5.02 Å². The lowest BCUT2D eigenvalue weighted by Crippen LogP contribution is -2.24. The number of rotatable bonds is 2. The summed E-state index contributed by atoms with van der Waals surface area (Å²) >= 11 is 5.69. The van der Waals surface area contributed by atoms with Crippen molar-refractivity contribution in [3.63, 3.8) is 0 Å². The van der Waals surface area contributed by atoms with Crippen LogP contribution in [0, 0.1) is 11.3 Å². The molecule has 1 aliphatic rings. The Labute approximate surface area is 122 Å². The maximum Gasteiger partial charge on any atom is 0.418 e. The lowest BCUT2D eigenvalue weighted by Gasteiger charge is -2.22. The first kappa shape index (κ1) is 15.5. The summed E-state index contributed by atoms with van der Waals surface area (Å²) in [4.78, 5) is 0. The molecule has 2 unspecified atom stereocenters. The van der Waals surface area contributed by atoms with Crippen molar-refractivity contribution in [1.82, 2.24) is 0 Å². The average molecular weight is 306 g/mol. The molecule has 0 aromatic heterocycles. The topological polar surface area (TPSA) is 12.0 Å². The Bertz CT molecular complexity index is 496. The standard InChI is InChI=1S/C15H19ClF3N/c1-9-7-14(2,3)8-13(9)20-12-5-4-10(16)6-11(12)15(17,18)19/h4-6,9,13,20H,7-8H2,1-3H3. The number of halogens is 4. The van der Waals surface area contributed by atoms with Gasteiger partial charge in [0.15, 0.2) is 0 Å². The Balaban J connectivity index is 2.26. The quantitative estimate of drug-likeness (QED) is 0.750. The van der Waals surface area contributed by atoms with E-state index in [9.17, 15) is 13.2 Å². The van der Waals surface area contributed by atoms with Crippen molar-refractivity contribution in [1.29, 1.82) is 0 Å². The maximum absolute atomic E-state index is 13.1. The van der Waals surface area contributed by atoms with Gasteiger partial charge in [-0.05, 0) is 42.4 Å². The largest absolute Gasteiger partial charge is 0.418 e. The second-order valence-corrected chi connectivity index (χ2v) is 6.92. The Morgan fingerprint density at radius 1 is 1.25 bits per heavy atom. The van der Waals surface area contributed by atoms with Gasteiger partial charge >= 0.3 is 6.18 Å². The molecule has 0 amide bonds. The molecule has 20 heavy (non-hydrogen) atoms. The Kier molecular flexibility index (Phi) is 3.98. The summed E-state index contributed by atoms with van der Waals surface area (Å²) in [6.07, 6.45) is -2.52. The summed E-state index contributed by atoms with van der Waals surface area (Å²) in [7, 11) is 0. The van der Waals surface area contributed by atoms with Gasteiger partial charge < -0.3 is 5.32 Å². The summed E-state index contributed by atoms with van der Waals surface area (Å²) in [5, 5.41) is 3.17. The molecule has 0 saturated heterocycles. The molecular weight excluding hydrogens is 287 g/mol. The zero-order valence-corrected chi connectivity index (χ0v) is 12.6. The number of hydrogen-bond acceptors (Lipinski definition) is 1. The van der Waals surface area contributed by atoms with Crippen LogP contribution in [0.3, 0.4) is 0 Å². The molecule has 1 aliphatic carbocycles. The fourth-order valence-corrected chi connectivity index (χ4v) is 3.34. The van der Waals surface area contributed by atoms with E-state index in [2.05, 4.69) is 26.1 Å². The third kappa shape index (κ3) is 3.40. The highest BCUT2D eigenvalue weighted by molar-refractivity contribution is 6.30. The monoisotopic (exact) mass is 305 g/mol. The van der Waals surface area contributed by atoms with Gasteiger partial charge in [0.1, 0.15) is 0 Å². The van der Waals surface area contributed by atoms with Crippen LogP contribution >= 0.6 is 11.6 Å². The van der Waals surface area contributed by atoms with E-state index in [-0.39, 0.29) is 22.2 Å². The van der Waals surface area contributed by atoms with E-state index in [4.69, 9.17) is 11.6 Å². The third-order valence-corrected chi connectivity index (χ3v) is 4.20. The molecule has 0 bridgehead atoms. The molecule has 1 nitrogen and oxygen atoms in total. The van der Waals surface area contributed by atoms with Gasteiger partial charge in [0.05, 0.1) is 5.56 Å². The minimum Gasteiger partial charge on any atom is -0.382 e. The third-order valence-electron chi connectivity index (χ3n) is 3.96. The zero-order valence-electron chi connectivity index (χ0n) is 11.8. The van der Waals surface area contributed by atoms with E-state index in [1.807, 2.05) is 0 Å². The molecule has 0 spiro atoms. The summed E-state index contributed by atoms with van der Waals surface area (Å²) < 4.78 is 39.2. The maximum atomic E-state index is 13.1. The smallest absolute Gasteiger partial charge is 0.382 e. The molecular formula is C15H19ClF3N. The predicted octanol–water partition coefficient (Wildman–Crippen LogP) is 5.60. The molecule has 0 aliphatic heterocycles. The van der Waals surface area contributed by atoms with E-state index in [0.717, 1.165) is 18.9 Å². The summed E-state index contributed by atoms with van der Waals surface area (Å²) in [6, 6.07) is 3.95. The molecule has 1 aromatic rings. The molecule has 2 atom stereocenters. The number of hydrogen-bond donors (Lipinski definition) is 1. The summed E-state index contributed by atoms with van der Waals surface area (Å²) in [5.41, 5.74) is -0.402. The number of nitrogens with one attached hydrogen (secondary N) is 1. The number of benzene rings is 1. The highest BCUT2D eigenvalue weighted by Gasteiger charge is 2.39. The van der Waals surface area contributed by atoms with E-state index >= 15 is 0 Å². The minimum atomic E-state index is -4.40. The Morgan fingerprint density at radius 3 is 2.40 bits per heavy atom. The van der Waals surface area contributed by atoms with Crippen molar-refractivity contribution in [2.75, 3.05) is 5.32 Å². The highest BCUT2D eigenvalue weighted by atomic mass is 35.5. The van der Waals surface area contributed by atoms with Crippen LogP contribution in [-0.2, 0) is 6.18 Å². The van der Waals surface area contributed by atoms with E-state index in [0.29, 0.717) is 5.92 Å². The second kappa shape index (κ2) is 5.14. The van der Waals surface area contributed by atoms with Crippen LogP contribution in [0.5, 0.6) is 0 Å². The van der Waals surface area contributed by atoms with Gasteiger partial charge in [-0.2, -0.15) is 13.2 Å². The molecule has 2 rings (SSSR count). The number of anilines is 1. The SMILES string of the molecule is CC1CC(C)(C)CC1Nc1ccc(Cl)cc1C(F)(F)F. The molecule has 0 radical (unpaired) electrons. The Morgan fingerprint density at radius 2 is 1.90 bits per heavy atom. The van der Waals surface area contributed by atoms with Crippen LogP contribution in [0.1, 0.15) is 39.2 Å². The fraction of sp³-hybridized carbons (Fsp3) is 0.600. The first-order valence-corrected chi connectivity index (χ1v) is 7.09. The van der Waals surface area contributed by atoms with Crippen LogP contribution in [0.4, 0.5) is 18.9 Å². The first-order chi connectivity index (χ1) is 9.08. The highest BCUT2D eigenvalue weighted by Crippen LogP contribution is 2.44. The van der Waals surface area contributed by atoms with Crippen molar-refractivity contribution < 1.29 is 13.2 Å². The summed E-state index contributed by atoms with van der Waals surface area (Å²) in [5.74, 6) is 0.349. The van der Waals surface area contributed by atoms with Gasteiger partial charge in [-0.1, -0.05) is 32.4 Å². The summed E-state index contributed by atoms with van der Waals surface area (Å²) in [6.45, 7) is 6.38. The average Bonchev–Trinajstić information content (AvgIpc) is 2.53. The predicted molar refractivity (Wildman–Crippen MR) is 76.0 cm³/mol. The van der Waals surface area contributed by atoms with E-state index in [1.165, 1.54) is 12.1 Å². The van der Waals surface area contributed by atoms with Crippen molar-refractivity contribution in [3.05, 3.63) is 28.8 Å². The van der Waals surface area contributed by atoms with Gasteiger partial charge in [0.2, 0.25) is 0 Å². The second-order valence-electron chi connectivity index (χ2n) is 6.49.